The largest absolute Gasteiger partial charge is 0.347 e. The molecule has 0 radical (unpaired) electrons. The molecule has 2 heterocycles. The van der Waals surface area contributed by atoms with Crippen LogP contribution in [0.4, 0.5) is 4.79 Å². The molecule has 1 fully saturated rings. The van der Waals surface area contributed by atoms with E-state index in [0.717, 1.165) is 4.90 Å². The summed E-state index contributed by atoms with van der Waals surface area (Å²) in [6.07, 6.45) is 3.93. The van der Waals surface area contributed by atoms with Gasteiger partial charge in [0, 0.05) is 19.4 Å². The van der Waals surface area contributed by atoms with Gasteiger partial charge in [0.05, 0.1) is 6.04 Å². The number of imidazole rings is 1. The average molecular weight is 279 g/mol. The summed E-state index contributed by atoms with van der Waals surface area (Å²) in [5.74, 6) is -0.0963. The van der Waals surface area contributed by atoms with Crippen molar-refractivity contribution in [1.29, 1.82) is 0 Å². The fourth-order valence-electron chi connectivity index (χ4n) is 2.04. The third-order valence-electron chi connectivity index (χ3n) is 3.13. The lowest BCUT2D eigenvalue weighted by atomic mass is 10.2. The van der Waals surface area contributed by atoms with Gasteiger partial charge in [0.1, 0.15) is 18.9 Å². The van der Waals surface area contributed by atoms with Crippen LogP contribution in [0.15, 0.2) is 12.4 Å². The average Bonchev–Trinajstić information content (AvgIpc) is 3.01. The lowest BCUT2D eigenvalue weighted by Gasteiger charge is -2.18. The third kappa shape index (κ3) is 2.79. The molecular weight excluding hydrogens is 262 g/mol. The summed E-state index contributed by atoms with van der Waals surface area (Å²) >= 11 is 0. The second kappa shape index (κ2) is 5.72. The fraction of sp³-hybridized carbons (Fsp3) is 0.500. The molecule has 1 aliphatic rings. The maximum absolute atomic E-state index is 11.9. The van der Waals surface area contributed by atoms with Crippen molar-refractivity contribution in [2.75, 3.05) is 20.1 Å². The summed E-state index contributed by atoms with van der Waals surface area (Å²) < 4.78 is 0. The minimum atomic E-state index is -0.448. The molecule has 0 saturated carbocycles. The molecule has 0 aliphatic carbocycles. The smallest absolute Gasteiger partial charge is 0.327 e. The monoisotopic (exact) mass is 279 g/mol. The normalized spacial score (nSPS) is 16.7. The van der Waals surface area contributed by atoms with Crippen molar-refractivity contribution in [3.63, 3.8) is 0 Å². The van der Waals surface area contributed by atoms with Gasteiger partial charge in [-0.1, -0.05) is 6.92 Å². The van der Waals surface area contributed by atoms with E-state index in [1.54, 1.807) is 12.4 Å². The van der Waals surface area contributed by atoms with Crippen molar-refractivity contribution >= 4 is 17.8 Å². The molecule has 1 atom stereocenters. The second-order valence-corrected chi connectivity index (χ2v) is 4.62. The van der Waals surface area contributed by atoms with Crippen LogP contribution in [-0.2, 0) is 9.59 Å². The first-order chi connectivity index (χ1) is 9.52. The van der Waals surface area contributed by atoms with Gasteiger partial charge in [-0.3, -0.25) is 14.5 Å². The number of imide groups is 1. The molecule has 1 saturated heterocycles. The number of urea groups is 1. The van der Waals surface area contributed by atoms with Crippen LogP contribution in [-0.4, -0.2) is 57.8 Å². The van der Waals surface area contributed by atoms with Crippen LogP contribution in [0.3, 0.4) is 0 Å². The van der Waals surface area contributed by atoms with Crippen molar-refractivity contribution in [3.8, 4) is 0 Å². The van der Waals surface area contributed by atoms with Crippen LogP contribution in [0.25, 0.3) is 0 Å². The Kier molecular flexibility index (Phi) is 4.02. The van der Waals surface area contributed by atoms with E-state index < -0.39 is 6.03 Å². The number of nitrogens with zero attached hydrogens (tertiary/aromatic N) is 3. The molecule has 20 heavy (non-hydrogen) atoms. The van der Waals surface area contributed by atoms with Gasteiger partial charge in [0.15, 0.2) is 0 Å². The first kappa shape index (κ1) is 14.0. The maximum Gasteiger partial charge on any atom is 0.327 e. The van der Waals surface area contributed by atoms with Crippen LogP contribution in [0, 0.1) is 0 Å². The van der Waals surface area contributed by atoms with Gasteiger partial charge in [-0.15, -0.1) is 0 Å². The molecule has 0 aromatic carbocycles. The summed E-state index contributed by atoms with van der Waals surface area (Å²) in [4.78, 5) is 44.4. The first-order valence-corrected chi connectivity index (χ1v) is 6.37. The van der Waals surface area contributed by atoms with Crippen molar-refractivity contribution < 1.29 is 14.4 Å². The van der Waals surface area contributed by atoms with Crippen LogP contribution in [0.1, 0.15) is 25.2 Å². The molecule has 1 aliphatic heterocycles. The van der Waals surface area contributed by atoms with Crippen LogP contribution < -0.4 is 5.32 Å². The van der Waals surface area contributed by atoms with Crippen LogP contribution in [0.2, 0.25) is 0 Å². The molecule has 0 bridgehead atoms. The van der Waals surface area contributed by atoms with E-state index in [0.29, 0.717) is 12.2 Å². The number of carbonyl (C=O) groups is 3. The zero-order chi connectivity index (χ0) is 14.7. The second-order valence-electron chi connectivity index (χ2n) is 4.62. The van der Waals surface area contributed by atoms with Crippen LogP contribution in [0.5, 0.6) is 0 Å². The Morgan fingerprint density at radius 3 is 2.80 bits per heavy atom. The molecule has 8 nitrogen and oxygen atoms in total. The highest BCUT2D eigenvalue weighted by molar-refractivity contribution is 6.04. The molecule has 1 aromatic heterocycles. The molecule has 4 amide bonds. The summed E-state index contributed by atoms with van der Waals surface area (Å²) in [5.41, 5.74) is 0. The summed E-state index contributed by atoms with van der Waals surface area (Å²) in [6, 6.07) is -0.709. The Labute approximate surface area is 116 Å². The third-order valence-corrected chi connectivity index (χ3v) is 3.13. The molecule has 0 spiro atoms. The van der Waals surface area contributed by atoms with E-state index in [2.05, 4.69) is 15.3 Å². The zero-order valence-corrected chi connectivity index (χ0v) is 11.4. The Bertz CT molecular complexity index is 513. The van der Waals surface area contributed by atoms with E-state index in [9.17, 15) is 14.4 Å². The van der Waals surface area contributed by atoms with Crippen molar-refractivity contribution in [3.05, 3.63) is 18.2 Å². The number of carbonyl (C=O) groups excluding carboxylic acids is 3. The van der Waals surface area contributed by atoms with Gasteiger partial charge in [-0.05, 0) is 6.42 Å². The number of nitrogens with one attached hydrogen (secondary N) is 2. The Balaban J connectivity index is 1.95. The Hall–Kier alpha value is -2.38. The van der Waals surface area contributed by atoms with Crippen LogP contribution >= 0.6 is 0 Å². The first-order valence-electron chi connectivity index (χ1n) is 6.37. The number of likely N-dealkylation sites (N-methyl/N-ethyl adjacent to an activating group) is 1. The number of aromatic amines is 1. The number of aromatic nitrogens is 2. The van der Waals surface area contributed by atoms with E-state index in [-0.39, 0.29) is 30.9 Å². The SMILES string of the molecule is CCC(NC(=O)CN1C(=O)CN(C)C1=O)c1ncc[nH]1. The summed E-state index contributed by atoms with van der Waals surface area (Å²) in [5, 5.41) is 2.75. The van der Waals surface area contributed by atoms with E-state index in [1.807, 2.05) is 6.92 Å². The molecule has 1 unspecified atom stereocenters. The highest BCUT2D eigenvalue weighted by Crippen LogP contribution is 2.12. The minimum absolute atomic E-state index is 0.0154. The maximum atomic E-state index is 11.9. The van der Waals surface area contributed by atoms with Crippen molar-refractivity contribution in [2.24, 2.45) is 0 Å². The van der Waals surface area contributed by atoms with Crippen molar-refractivity contribution in [2.45, 2.75) is 19.4 Å². The Morgan fingerprint density at radius 1 is 1.55 bits per heavy atom. The highest BCUT2D eigenvalue weighted by atomic mass is 16.2. The molecular formula is C12H17N5O3. The minimum Gasteiger partial charge on any atom is -0.347 e. The molecule has 2 rings (SSSR count). The van der Waals surface area contributed by atoms with E-state index in [1.165, 1.54) is 11.9 Å². The lowest BCUT2D eigenvalue weighted by Crippen LogP contribution is -2.42. The highest BCUT2D eigenvalue weighted by Gasteiger charge is 2.35. The number of H-pyrrole nitrogens is 1. The predicted molar refractivity (Wildman–Crippen MR) is 69.5 cm³/mol. The van der Waals surface area contributed by atoms with Gasteiger partial charge in [-0.25, -0.2) is 9.78 Å². The number of amides is 4. The van der Waals surface area contributed by atoms with Gasteiger partial charge in [-0.2, -0.15) is 0 Å². The van der Waals surface area contributed by atoms with Gasteiger partial charge in [0.25, 0.3) is 5.91 Å². The summed E-state index contributed by atoms with van der Waals surface area (Å²) in [7, 11) is 1.52. The van der Waals surface area contributed by atoms with Gasteiger partial charge < -0.3 is 15.2 Å². The fourth-order valence-corrected chi connectivity index (χ4v) is 2.04. The zero-order valence-electron chi connectivity index (χ0n) is 11.4. The summed E-state index contributed by atoms with van der Waals surface area (Å²) in [6.45, 7) is 1.66. The topological polar surface area (TPSA) is 98.4 Å². The predicted octanol–water partition coefficient (Wildman–Crippen LogP) is -0.129. The molecule has 1 aromatic rings. The van der Waals surface area contributed by atoms with E-state index >= 15 is 0 Å². The number of hydrogen-bond acceptors (Lipinski definition) is 4. The van der Waals surface area contributed by atoms with E-state index in [4.69, 9.17) is 0 Å². The Morgan fingerprint density at radius 2 is 2.30 bits per heavy atom. The number of hydrogen-bond donors (Lipinski definition) is 2. The standard InChI is InChI=1S/C12H17N5O3/c1-3-8(11-13-4-5-14-11)15-9(18)6-17-10(19)7-16(2)12(17)20/h4-5,8H,3,6-7H2,1-2H3,(H,13,14)(H,15,18). The quantitative estimate of drug-likeness (QED) is 0.733. The number of rotatable bonds is 5. The molecule has 8 heteroatoms. The van der Waals surface area contributed by atoms with Crippen molar-refractivity contribution in [1.82, 2.24) is 25.1 Å². The van der Waals surface area contributed by atoms with Gasteiger partial charge >= 0.3 is 6.03 Å². The lowest BCUT2D eigenvalue weighted by molar-refractivity contribution is -0.131. The molecule has 108 valence electrons. The molecule has 2 N–H and O–H groups in total. The van der Waals surface area contributed by atoms with Gasteiger partial charge in [0.2, 0.25) is 5.91 Å².